The summed E-state index contributed by atoms with van der Waals surface area (Å²) in [5, 5.41) is 2.74. The van der Waals surface area contributed by atoms with Gasteiger partial charge in [0.1, 0.15) is 0 Å². The quantitative estimate of drug-likeness (QED) is 0.892. The van der Waals surface area contributed by atoms with E-state index in [0.717, 1.165) is 20.8 Å². The molecule has 4 heteroatoms. The highest BCUT2D eigenvalue weighted by atomic mass is 79.9. The van der Waals surface area contributed by atoms with Gasteiger partial charge >= 0.3 is 0 Å². The van der Waals surface area contributed by atoms with Crippen molar-refractivity contribution in [1.29, 1.82) is 0 Å². The van der Waals surface area contributed by atoms with Crippen LogP contribution in [-0.4, -0.2) is 0 Å². The molecule has 1 nitrogen and oxygen atoms in total. The third-order valence-electron chi connectivity index (χ3n) is 2.33. The molecular formula is C12H11BrClNS. The Balaban J connectivity index is 2.14. The first-order valence-electron chi connectivity index (χ1n) is 4.89. The van der Waals surface area contributed by atoms with Gasteiger partial charge in [-0.2, -0.15) is 0 Å². The first kappa shape index (κ1) is 12.1. The van der Waals surface area contributed by atoms with Crippen LogP contribution in [-0.2, 0) is 6.42 Å². The number of benzene rings is 1. The highest BCUT2D eigenvalue weighted by molar-refractivity contribution is 9.10. The molecule has 2 rings (SSSR count). The molecule has 0 bridgehead atoms. The molecule has 16 heavy (non-hydrogen) atoms. The summed E-state index contributed by atoms with van der Waals surface area (Å²) in [5.41, 5.74) is 7.35. The summed E-state index contributed by atoms with van der Waals surface area (Å²) in [5.74, 6) is 0. The molecule has 0 spiro atoms. The zero-order chi connectivity index (χ0) is 11.5. The summed E-state index contributed by atoms with van der Waals surface area (Å²) in [6.45, 7) is 0. The molecule has 2 N–H and O–H groups in total. The first-order chi connectivity index (χ1) is 7.66. The van der Waals surface area contributed by atoms with Crippen molar-refractivity contribution >= 4 is 38.9 Å². The fourth-order valence-electron chi connectivity index (χ4n) is 1.58. The van der Waals surface area contributed by atoms with Gasteiger partial charge in [0.25, 0.3) is 0 Å². The largest absolute Gasteiger partial charge is 0.323 e. The Morgan fingerprint density at radius 3 is 2.81 bits per heavy atom. The highest BCUT2D eigenvalue weighted by Gasteiger charge is 2.12. The van der Waals surface area contributed by atoms with E-state index < -0.39 is 0 Å². The minimum absolute atomic E-state index is 0.0261. The molecule has 0 amide bonds. The van der Waals surface area contributed by atoms with Gasteiger partial charge in [0.15, 0.2) is 0 Å². The van der Waals surface area contributed by atoms with Crippen molar-refractivity contribution in [3.63, 3.8) is 0 Å². The summed E-state index contributed by atoms with van der Waals surface area (Å²) >= 11 is 11.1. The number of nitrogens with two attached hydrogens (primary N) is 1. The lowest BCUT2D eigenvalue weighted by atomic mass is 10.1. The lowest BCUT2D eigenvalue weighted by molar-refractivity contribution is 0.736. The number of rotatable bonds is 3. The second-order valence-electron chi connectivity index (χ2n) is 3.57. The second-order valence-corrected chi connectivity index (χ2v) is 5.84. The van der Waals surface area contributed by atoms with Crippen molar-refractivity contribution < 1.29 is 0 Å². The zero-order valence-corrected chi connectivity index (χ0v) is 11.6. The van der Waals surface area contributed by atoms with Gasteiger partial charge in [0, 0.05) is 15.4 Å². The van der Waals surface area contributed by atoms with E-state index in [1.165, 1.54) is 5.56 Å². The van der Waals surface area contributed by atoms with Crippen LogP contribution in [0.4, 0.5) is 0 Å². The van der Waals surface area contributed by atoms with Crippen LogP contribution >= 0.6 is 38.9 Å². The van der Waals surface area contributed by atoms with Gasteiger partial charge in [-0.25, -0.2) is 0 Å². The zero-order valence-electron chi connectivity index (χ0n) is 8.49. The summed E-state index contributed by atoms with van der Waals surface area (Å²) in [7, 11) is 0. The normalized spacial score (nSPS) is 12.7. The molecule has 0 saturated heterocycles. The summed E-state index contributed by atoms with van der Waals surface area (Å²) in [4.78, 5) is 1.06. The Kier molecular flexibility index (Phi) is 4.03. The lowest BCUT2D eigenvalue weighted by Crippen LogP contribution is -2.12. The Hall–Kier alpha value is -0.350. The smallest absolute Gasteiger partial charge is 0.0561 e. The van der Waals surface area contributed by atoms with Gasteiger partial charge < -0.3 is 5.73 Å². The van der Waals surface area contributed by atoms with Crippen LogP contribution < -0.4 is 5.73 Å². The SMILES string of the molecule is NC(Cc1cccc(Br)c1)c1sccc1Cl. The Morgan fingerprint density at radius 1 is 1.38 bits per heavy atom. The lowest BCUT2D eigenvalue weighted by Gasteiger charge is -2.10. The van der Waals surface area contributed by atoms with Crippen LogP contribution in [0.25, 0.3) is 0 Å². The van der Waals surface area contributed by atoms with Gasteiger partial charge in [0.05, 0.1) is 5.02 Å². The van der Waals surface area contributed by atoms with Crippen molar-refractivity contribution in [3.8, 4) is 0 Å². The molecule has 84 valence electrons. The number of hydrogen-bond acceptors (Lipinski definition) is 2. The molecule has 1 atom stereocenters. The second kappa shape index (κ2) is 5.32. The average molecular weight is 317 g/mol. The molecule has 1 aromatic carbocycles. The third kappa shape index (κ3) is 2.86. The van der Waals surface area contributed by atoms with E-state index in [-0.39, 0.29) is 6.04 Å². The van der Waals surface area contributed by atoms with Crippen molar-refractivity contribution in [3.05, 3.63) is 55.6 Å². The van der Waals surface area contributed by atoms with E-state index in [1.54, 1.807) is 11.3 Å². The summed E-state index contributed by atoms with van der Waals surface area (Å²) < 4.78 is 1.08. The molecule has 0 saturated carbocycles. The Labute approximate surface area is 112 Å². The predicted molar refractivity (Wildman–Crippen MR) is 74.1 cm³/mol. The van der Waals surface area contributed by atoms with Gasteiger partial charge in [-0.15, -0.1) is 11.3 Å². The molecule has 1 heterocycles. The number of halogens is 2. The fraction of sp³-hybridized carbons (Fsp3) is 0.167. The van der Waals surface area contributed by atoms with E-state index >= 15 is 0 Å². The van der Waals surface area contributed by atoms with Crippen LogP contribution in [0.2, 0.25) is 5.02 Å². The fourth-order valence-corrected chi connectivity index (χ4v) is 3.23. The van der Waals surface area contributed by atoms with Gasteiger partial charge in [0.2, 0.25) is 0 Å². The van der Waals surface area contributed by atoms with E-state index in [0.29, 0.717) is 0 Å². The molecule has 1 aromatic heterocycles. The molecule has 0 aliphatic heterocycles. The van der Waals surface area contributed by atoms with Gasteiger partial charge in [-0.3, -0.25) is 0 Å². The Morgan fingerprint density at radius 2 is 2.19 bits per heavy atom. The molecule has 0 fully saturated rings. The predicted octanol–water partition coefficient (Wildman–Crippen LogP) is 4.41. The minimum atomic E-state index is -0.0261. The molecule has 1 unspecified atom stereocenters. The molecule has 0 aliphatic rings. The van der Waals surface area contributed by atoms with E-state index in [9.17, 15) is 0 Å². The average Bonchev–Trinajstić information content (AvgIpc) is 2.64. The van der Waals surface area contributed by atoms with Gasteiger partial charge in [-0.05, 0) is 35.6 Å². The molecule has 0 aliphatic carbocycles. The van der Waals surface area contributed by atoms with Crippen molar-refractivity contribution in [1.82, 2.24) is 0 Å². The van der Waals surface area contributed by atoms with E-state index in [1.807, 2.05) is 23.6 Å². The monoisotopic (exact) mass is 315 g/mol. The Bertz CT molecular complexity index is 483. The molecule has 0 radical (unpaired) electrons. The topological polar surface area (TPSA) is 26.0 Å². The van der Waals surface area contributed by atoms with Crippen molar-refractivity contribution in [2.45, 2.75) is 12.5 Å². The van der Waals surface area contributed by atoms with Crippen molar-refractivity contribution in [2.24, 2.45) is 5.73 Å². The van der Waals surface area contributed by atoms with E-state index in [2.05, 4.69) is 28.1 Å². The van der Waals surface area contributed by atoms with Crippen LogP contribution in [0.1, 0.15) is 16.5 Å². The maximum atomic E-state index is 6.13. The molecular weight excluding hydrogens is 306 g/mol. The summed E-state index contributed by atoms with van der Waals surface area (Å²) in [6, 6.07) is 10.0. The summed E-state index contributed by atoms with van der Waals surface area (Å²) in [6.07, 6.45) is 0.805. The standard InChI is InChI=1S/C12H11BrClNS/c13-9-3-1-2-8(6-9)7-11(15)12-10(14)4-5-16-12/h1-6,11H,7,15H2. The van der Waals surface area contributed by atoms with Crippen LogP contribution in [0.5, 0.6) is 0 Å². The maximum Gasteiger partial charge on any atom is 0.0561 e. The van der Waals surface area contributed by atoms with Crippen LogP contribution in [0.15, 0.2) is 40.2 Å². The van der Waals surface area contributed by atoms with Crippen molar-refractivity contribution in [2.75, 3.05) is 0 Å². The third-order valence-corrected chi connectivity index (χ3v) is 4.31. The van der Waals surface area contributed by atoms with Crippen LogP contribution in [0.3, 0.4) is 0 Å². The van der Waals surface area contributed by atoms with Gasteiger partial charge in [-0.1, -0.05) is 39.7 Å². The molecule has 2 aromatic rings. The maximum absolute atomic E-state index is 6.13. The van der Waals surface area contributed by atoms with Crippen LogP contribution in [0, 0.1) is 0 Å². The first-order valence-corrected chi connectivity index (χ1v) is 6.95. The minimum Gasteiger partial charge on any atom is -0.323 e. The highest BCUT2D eigenvalue weighted by Crippen LogP contribution is 2.29. The number of thiophene rings is 1. The van der Waals surface area contributed by atoms with E-state index in [4.69, 9.17) is 17.3 Å². The number of hydrogen-bond donors (Lipinski definition) is 1.